The number of carbonyl (C=O) groups is 1. The number of para-hydroxylation sites is 1. The highest BCUT2D eigenvalue weighted by atomic mass is 16.5. The first-order valence-corrected chi connectivity index (χ1v) is 11.3. The van der Waals surface area contributed by atoms with E-state index in [0.29, 0.717) is 12.2 Å². The minimum absolute atomic E-state index is 0.292. The van der Waals surface area contributed by atoms with E-state index in [9.17, 15) is 4.79 Å². The van der Waals surface area contributed by atoms with Crippen LogP contribution in [0.3, 0.4) is 0 Å². The first kappa shape index (κ1) is 22.0. The van der Waals surface area contributed by atoms with Crippen molar-refractivity contribution in [2.75, 3.05) is 0 Å². The molecule has 0 atom stereocenters. The molecule has 5 rings (SSSR count). The second-order valence-corrected chi connectivity index (χ2v) is 7.98. The summed E-state index contributed by atoms with van der Waals surface area (Å²) in [5, 5.41) is 4.94. The van der Waals surface area contributed by atoms with Gasteiger partial charge in [0.1, 0.15) is 12.4 Å². The molecule has 4 aromatic carbocycles. The Kier molecular flexibility index (Phi) is 6.58. The second kappa shape index (κ2) is 10.4. The number of hydrazone groups is 1. The standard InChI is InChI=1S/C30H23N3O2/c34-30(27-19-29(24-11-5-2-6-12-24)32-28-14-8-7-13-26(27)28)33-31-20-22-15-17-25(18-16-22)35-21-23-9-3-1-4-10-23/h1-20H,21H2,(H,33,34). The Hall–Kier alpha value is -4.77. The smallest absolute Gasteiger partial charge is 0.272 e. The van der Waals surface area contributed by atoms with Crippen LogP contribution in [-0.2, 0) is 6.61 Å². The number of carbonyl (C=O) groups excluding carboxylic acids is 1. The molecular weight excluding hydrogens is 434 g/mol. The van der Waals surface area contributed by atoms with E-state index in [1.807, 2.05) is 109 Å². The van der Waals surface area contributed by atoms with Crippen LogP contribution in [0.2, 0.25) is 0 Å². The number of nitrogens with zero attached hydrogens (tertiary/aromatic N) is 2. The highest BCUT2D eigenvalue weighted by molar-refractivity contribution is 6.07. The van der Waals surface area contributed by atoms with Gasteiger partial charge >= 0.3 is 0 Å². The van der Waals surface area contributed by atoms with Crippen molar-refractivity contribution in [2.45, 2.75) is 6.61 Å². The zero-order valence-corrected chi connectivity index (χ0v) is 19.0. The Bertz CT molecular complexity index is 1460. The summed E-state index contributed by atoms with van der Waals surface area (Å²) in [6.45, 7) is 0.509. The summed E-state index contributed by atoms with van der Waals surface area (Å²) in [4.78, 5) is 17.8. The summed E-state index contributed by atoms with van der Waals surface area (Å²) >= 11 is 0. The number of hydrogen-bond donors (Lipinski definition) is 1. The number of fused-ring (bicyclic) bond motifs is 1. The topological polar surface area (TPSA) is 63.6 Å². The van der Waals surface area contributed by atoms with E-state index in [4.69, 9.17) is 9.72 Å². The summed E-state index contributed by atoms with van der Waals surface area (Å²) in [6.07, 6.45) is 1.61. The molecule has 0 saturated heterocycles. The Balaban J connectivity index is 1.28. The molecule has 1 amide bonds. The zero-order valence-electron chi connectivity index (χ0n) is 19.0. The minimum Gasteiger partial charge on any atom is -0.489 e. The van der Waals surface area contributed by atoms with Gasteiger partial charge in [0.25, 0.3) is 5.91 Å². The molecule has 5 aromatic rings. The normalized spacial score (nSPS) is 11.0. The summed E-state index contributed by atoms with van der Waals surface area (Å²) in [6, 6.07) is 36.8. The quantitative estimate of drug-likeness (QED) is 0.232. The van der Waals surface area contributed by atoms with Gasteiger partial charge in [-0.05, 0) is 47.5 Å². The van der Waals surface area contributed by atoms with Crippen molar-refractivity contribution in [2.24, 2.45) is 5.10 Å². The Morgan fingerprint density at radius 1 is 0.829 bits per heavy atom. The molecule has 1 aromatic heterocycles. The van der Waals surface area contributed by atoms with E-state index in [2.05, 4.69) is 10.5 Å². The monoisotopic (exact) mass is 457 g/mol. The number of rotatable bonds is 7. The number of benzene rings is 4. The Labute approximate surface area is 203 Å². The van der Waals surface area contributed by atoms with Gasteiger partial charge in [0.2, 0.25) is 0 Å². The molecule has 1 heterocycles. The highest BCUT2D eigenvalue weighted by Gasteiger charge is 2.13. The van der Waals surface area contributed by atoms with Crippen molar-refractivity contribution in [3.63, 3.8) is 0 Å². The van der Waals surface area contributed by atoms with Crippen molar-refractivity contribution in [3.05, 3.63) is 132 Å². The summed E-state index contributed by atoms with van der Waals surface area (Å²) < 4.78 is 5.82. The molecule has 1 N–H and O–H groups in total. The van der Waals surface area contributed by atoms with Crippen LogP contribution in [0.15, 0.2) is 120 Å². The number of ether oxygens (including phenoxy) is 1. The lowest BCUT2D eigenvalue weighted by Gasteiger charge is -2.09. The average molecular weight is 458 g/mol. The van der Waals surface area contributed by atoms with E-state index in [1.54, 1.807) is 12.3 Å². The Morgan fingerprint density at radius 3 is 2.29 bits per heavy atom. The maximum Gasteiger partial charge on any atom is 0.272 e. The fourth-order valence-corrected chi connectivity index (χ4v) is 3.74. The molecule has 0 aliphatic heterocycles. The molecule has 0 aliphatic rings. The number of amides is 1. The van der Waals surface area contributed by atoms with E-state index in [0.717, 1.165) is 39.0 Å². The molecule has 0 unspecified atom stereocenters. The Morgan fingerprint density at radius 2 is 1.51 bits per heavy atom. The molecule has 35 heavy (non-hydrogen) atoms. The van der Waals surface area contributed by atoms with Crippen molar-refractivity contribution in [1.29, 1.82) is 0 Å². The van der Waals surface area contributed by atoms with E-state index < -0.39 is 0 Å². The number of hydrogen-bond acceptors (Lipinski definition) is 4. The fraction of sp³-hybridized carbons (Fsp3) is 0.0333. The third-order valence-electron chi connectivity index (χ3n) is 5.54. The molecule has 5 heteroatoms. The van der Waals surface area contributed by atoms with Crippen molar-refractivity contribution >= 4 is 23.0 Å². The lowest BCUT2D eigenvalue weighted by Crippen LogP contribution is -2.18. The van der Waals surface area contributed by atoms with Crippen LogP contribution in [0.25, 0.3) is 22.2 Å². The lowest BCUT2D eigenvalue weighted by molar-refractivity contribution is 0.0956. The van der Waals surface area contributed by atoms with Gasteiger partial charge in [-0.3, -0.25) is 4.79 Å². The predicted molar refractivity (Wildman–Crippen MR) is 139 cm³/mol. The SMILES string of the molecule is O=C(NN=Cc1ccc(OCc2ccccc2)cc1)c1cc(-c2ccccc2)nc2ccccc12. The summed E-state index contributed by atoms with van der Waals surface area (Å²) in [7, 11) is 0. The zero-order chi connectivity index (χ0) is 23.9. The van der Waals surface area contributed by atoms with Crippen LogP contribution in [0.5, 0.6) is 5.75 Å². The molecule has 0 aliphatic carbocycles. The van der Waals surface area contributed by atoms with Crippen LogP contribution in [0.4, 0.5) is 0 Å². The second-order valence-electron chi connectivity index (χ2n) is 7.98. The third kappa shape index (κ3) is 5.42. The van der Waals surface area contributed by atoms with Gasteiger partial charge in [-0.2, -0.15) is 5.10 Å². The van der Waals surface area contributed by atoms with Crippen LogP contribution in [0, 0.1) is 0 Å². The van der Waals surface area contributed by atoms with Gasteiger partial charge in [-0.25, -0.2) is 10.4 Å². The van der Waals surface area contributed by atoms with Gasteiger partial charge in [0, 0.05) is 10.9 Å². The first-order chi connectivity index (χ1) is 17.3. The van der Waals surface area contributed by atoms with Crippen molar-refractivity contribution < 1.29 is 9.53 Å². The van der Waals surface area contributed by atoms with Crippen molar-refractivity contribution in [3.8, 4) is 17.0 Å². The summed E-state index contributed by atoms with van der Waals surface area (Å²) in [5.74, 6) is 0.478. The van der Waals surface area contributed by atoms with Gasteiger partial charge in [-0.1, -0.05) is 78.9 Å². The first-order valence-electron chi connectivity index (χ1n) is 11.3. The van der Waals surface area contributed by atoms with Crippen molar-refractivity contribution in [1.82, 2.24) is 10.4 Å². The maximum absolute atomic E-state index is 13.0. The number of nitrogens with one attached hydrogen (secondary N) is 1. The predicted octanol–water partition coefficient (Wildman–Crippen LogP) is 6.24. The van der Waals surface area contributed by atoms with E-state index in [1.165, 1.54) is 0 Å². The number of pyridine rings is 1. The molecule has 0 fully saturated rings. The van der Waals surface area contributed by atoms with Gasteiger partial charge < -0.3 is 4.74 Å². The lowest BCUT2D eigenvalue weighted by atomic mass is 10.0. The highest BCUT2D eigenvalue weighted by Crippen LogP contribution is 2.24. The van der Waals surface area contributed by atoms with E-state index >= 15 is 0 Å². The molecule has 0 bridgehead atoms. The van der Waals surface area contributed by atoms with E-state index in [-0.39, 0.29) is 5.91 Å². The largest absolute Gasteiger partial charge is 0.489 e. The molecule has 0 spiro atoms. The van der Waals surface area contributed by atoms with Crippen LogP contribution < -0.4 is 10.2 Å². The fourth-order valence-electron chi connectivity index (χ4n) is 3.74. The molecule has 0 radical (unpaired) electrons. The van der Waals surface area contributed by atoms with Crippen LogP contribution in [0.1, 0.15) is 21.5 Å². The van der Waals surface area contributed by atoms with Crippen LogP contribution in [-0.4, -0.2) is 17.1 Å². The molecule has 5 nitrogen and oxygen atoms in total. The van der Waals surface area contributed by atoms with Gasteiger partial charge in [0.15, 0.2) is 0 Å². The maximum atomic E-state index is 13.0. The molecular formula is C30H23N3O2. The summed E-state index contributed by atoms with van der Waals surface area (Å²) in [5.41, 5.74) is 7.58. The van der Waals surface area contributed by atoms with Gasteiger partial charge in [0.05, 0.1) is 23.0 Å². The third-order valence-corrected chi connectivity index (χ3v) is 5.54. The minimum atomic E-state index is -0.292. The number of aromatic nitrogens is 1. The molecule has 170 valence electrons. The molecule has 0 saturated carbocycles. The average Bonchev–Trinajstić information content (AvgIpc) is 2.93. The van der Waals surface area contributed by atoms with Crippen LogP contribution >= 0.6 is 0 Å². The van der Waals surface area contributed by atoms with Gasteiger partial charge in [-0.15, -0.1) is 0 Å².